The Morgan fingerprint density at radius 2 is 0.848 bits per heavy atom. The van der Waals surface area contributed by atoms with E-state index in [4.69, 9.17) is 9.47 Å². The van der Waals surface area contributed by atoms with Crippen LogP contribution in [0.5, 0.6) is 11.8 Å². The fourth-order valence-corrected chi connectivity index (χ4v) is 3.86. The molecule has 0 unspecified atom stereocenters. The maximum atomic E-state index is 5.04. The Labute approximate surface area is 280 Å². The van der Waals surface area contributed by atoms with Gasteiger partial charge in [-0.15, -0.1) is 0 Å². The van der Waals surface area contributed by atoms with Crippen LogP contribution in [0.2, 0.25) is 0 Å². The third kappa shape index (κ3) is 15.0. The predicted molar refractivity (Wildman–Crippen MR) is 194 cm³/mol. The second-order valence-electron chi connectivity index (χ2n) is 15.6. The van der Waals surface area contributed by atoms with Gasteiger partial charge in [-0.1, -0.05) is 95.2 Å². The third-order valence-electron chi connectivity index (χ3n) is 7.16. The molecule has 0 saturated carbocycles. The summed E-state index contributed by atoms with van der Waals surface area (Å²) in [5.74, 6) is 1.35. The van der Waals surface area contributed by atoms with E-state index in [1.165, 1.54) is 22.3 Å². The highest BCUT2D eigenvalue weighted by Gasteiger charge is 2.15. The lowest BCUT2D eigenvalue weighted by Crippen LogP contribution is -2.11. The fraction of sp³-hybridized carbons (Fsp3) is 0.500. The fourth-order valence-electron chi connectivity index (χ4n) is 3.86. The van der Waals surface area contributed by atoms with Crippen molar-refractivity contribution in [3.8, 4) is 11.8 Å². The maximum Gasteiger partial charge on any atom is 0.213 e. The van der Waals surface area contributed by atoms with E-state index in [-0.39, 0.29) is 21.7 Å². The molecule has 0 aromatic carbocycles. The molecule has 0 aliphatic heterocycles. The van der Waals surface area contributed by atoms with Crippen molar-refractivity contribution in [1.29, 1.82) is 0 Å². The van der Waals surface area contributed by atoms with E-state index >= 15 is 0 Å². The van der Waals surface area contributed by atoms with Crippen LogP contribution < -0.4 is 9.47 Å². The van der Waals surface area contributed by atoms with E-state index in [9.17, 15) is 0 Å². The van der Waals surface area contributed by atoms with Gasteiger partial charge in [0.25, 0.3) is 0 Å². The lowest BCUT2D eigenvalue weighted by atomic mass is 9.87. The van der Waals surface area contributed by atoms with E-state index < -0.39 is 0 Å². The Morgan fingerprint density at radius 1 is 0.413 bits per heavy atom. The topological polar surface area (TPSA) is 70.0 Å². The van der Waals surface area contributed by atoms with Crippen molar-refractivity contribution in [1.82, 2.24) is 19.9 Å². The molecule has 6 heteroatoms. The number of hydrogen-bond acceptors (Lipinski definition) is 6. The molecular weight excluding hydrogens is 568 g/mol. The quantitative estimate of drug-likeness (QED) is 0.220. The number of hydrogen-bond donors (Lipinski definition) is 0. The minimum atomic E-state index is 0.163. The Kier molecular flexibility index (Phi) is 15.0. The molecule has 0 atom stereocenters. The molecule has 4 rings (SSSR count). The van der Waals surface area contributed by atoms with Crippen LogP contribution in [0.1, 0.15) is 117 Å². The lowest BCUT2D eigenvalue weighted by Gasteiger charge is -2.18. The number of ether oxygens (including phenoxy) is 2. The van der Waals surface area contributed by atoms with Gasteiger partial charge in [0.1, 0.15) is 0 Å². The molecular formula is C40H60N4O2. The van der Waals surface area contributed by atoms with Gasteiger partial charge in [-0.2, -0.15) is 0 Å². The van der Waals surface area contributed by atoms with Crippen LogP contribution in [0.25, 0.3) is 0 Å². The van der Waals surface area contributed by atoms with Crippen molar-refractivity contribution in [2.45, 2.75) is 119 Å². The van der Waals surface area contributed by atoms with Crippen LogP contribution in [0, 0.1) is 13.8 Å². The summed E-state index contributed by atoms with van der Waals surface area (Å²) in [4.78, 5) is 16.6. The predicted octanol–water partition coefficient (Wildman–Crippen LogP) is 10.2. The Hall–Kier alpha value is -3.80. The Balaban J connectivity index is 0.000000307. The van der Waals surface area contributed by atoms with Crippen LogP contribution >= 0.6 is 0 Å². The number of aromatic nitrogens is 4. The molecule has 0 fully saturated rings. The molecule has 0 spiro atoms. The van der Waals surface area contributed by atoms with Gasteiger partial charge in [0.15, 0.2) is 0 Å². The number of rotatable bonds is 2. The summed E-state index contributed by atoms with van der Waals surface area (Å²) in [6.45, 7) is 30.2. The largest absolute Gasteiger partial charge is 0.481 e. The number of methoxy groups -OCH3 is 2. The highest BCUT2D eigenvalue weighted by atomic mass is 16.5. The number of aryl methyl sites for hydroxylation is 2. The van der Waals surface area contributed by atoms with Crippen LogP contribution in [0.15, 0.2) is 73.3 Å². The molecule has 4 heterocycles. The first-order valence-electron chi connectivity index (χ1n) is 15.9. The average molecular weight is 629 g/mol. The normalized spacial score (nSPS) is 11.5. The van der Waals surface area contributed by atoms with Gasteiger partial charge in [0.2, 0.25) is 11.8 Å². The smallest absolute Gasteiger partial charge is 0.213 e. The minimum absolute atomic E-state index is 0.163. The van der Waals surface area contributed by atoms with Crippen molar-refractivity contribution in [3.63, 3.8) is 0 Å². The number of pyridine rings is 4. The molecule has 0 aliphatic carbocycles. The molecule has 4 aromatic heterocycles. The standard InChI is InChI=1S/2C10H15NO.2C10H15N/c1-10(2,3)8-5-6-11-9(7-8)12-4;1-10(2,3)8-5-6-9(12-4)11-7-8;1-8-7-9(5-6-11-8)10(2,3)4;1-8-5-6-9(7-11-8)10(2,3)4/h2*5-7H,1-4H3;2*5-7H,1-4H3. The molecule has 0 N–H and O–H groups in total. The SMILES string of the molecule is COc1cc(C(C)(C)C)ccn1.COc1ccc(C(C)(C)C)cn1.Cc1cc(C(C)(C)C)ccn1.Cc1ccc(C(C)(C)C)cn1. The van der Waals surface area contributed by atoms with E-state index in [0.29, 0.717) is 11.8 Å². The molecule has 0 bridgehead atoms. The summed E-state index contributed by atoms with van der Waals surface area (Å²) in [5, 5.41) is 0. The Morgan fingerprint density at radius 3 is 1.20 bits per heavy atom. The zero-order valence-corrected chi connectivity index (χ0v) is 31.5. The van der Waals surface area contributed by atoms with Crippen molar-refractivity contribution in [2.75, 3.05) is 14.2 Å². The zero-order valence-electron chi connectivity index (χ0n) is 31.5. The zero-order chi connectivity index (χ0) is 35.3. The van der Waals surface area contributed by atoms with Crippen LogP contribution in [0.3, 0.4) is 0 Å². The third-order valence-corrected chi connectivity index (χ3v) is 7.16. The van der Waals surface area contributed by atoms with Gasteiger partial charge in [-0.05, 0) is 82.0 Å². The highest BCUT2D eigenvalue weighted by molar-refractivity contribution is 5.27. The highest BCUT2D eigenvalue weighted by Crippen LogP contribution is 2.25. The van der Waals surface area contributed by atoms with Crippen LogP contribution in [-0.4, -0.2) is 34.2 Å². The summed E-state index contributed by atoms with van der Waals surface area (Å²) in [6, 6.07) is 16.3. The first-order valence-corrected chi connectivity index (χ1v) is 15.9. The Bertz CT molecular complexity index is 1440. The van der Waals surface area contributed by atoms with Crippen molar-refractivity contribution in [3.05, 3.63) is 107 Å². The molecule has 4 aromatic rings. The van der Waals surface area contributed by atoms with Gasteiger partial charge in [0, 0.05) is 48.3 Å². The molecule has 0 radical (unpaired) electrons. The molecule has 0 aliphatic rings. The van der Waals surface area contributed by atoms with Gasteiger partial charge in [0.05, 0.1) is 14.2 Å². The first-order chi connectivity index (χ1) is 21.1. The van der Waals surface area contributed by atoms with Crippen molar-refractivity contribution < 1.29 is 9.47 Å². The first kappa shape index (κ1) is 40.2. The second kappa shape index (κ2) is 17.2. The van der Waals surface area contributed by atoms with E-state index in [2.05, 4.69) is 127 Å². The molecule has 252 valence electrons. The van der Waals surface area contributed by atoms with E-state index in [0.717, 1.165) is 11.4 Å². The maximum absolute atomic E-state index is 5.04. The summed E-state index contributed by atoms with van der Waals surface area (Å²) in [7, 11) is 3.26. The van der Waals surface area contributed by atoms with Gasteiger partial charge in [-0.25, -0.2) is 9.97 Å². The number of nitrogens with zero attached hydrogens (tertiary/aromatic N) is 4. The summed E-state index contributed by atoms with van der Waals surface area (Å²) in [5.41, 5.74) is 8.09. The van der Waals surface area contributed by atoms with Crippen molar-refractivity contribution >= 4 is 0 Å². The summed E-state index contributed by atoms with van der Waals surface area (Å²) in [6.07, 6.45) is 7.46. The monoisotopic (exact) mass is 628 g/mol. The van der Waals surface area contributed by atoms with E-state index in [1.54, 1.807) is 20.4 Å². The molecule has 46 heavy (non-hydrogen) atoms. The lowest BCUT2D eigenvalue weighted by molar-refractivity contribution is 0.395. The minimum Gasteiger partial charge on any atom is -0.481 e. The molecule has 0 saturated heterocycles. The van der Waals surface area contributed by atoms with Crippen LogP contribution in [-0.2, 0) is 21.7 Å². The summed E-state index contributed by atoms with van der Waals surface area (Å²) < 4.78 is 10.0. The van der Waals surface area contributed by atoms with Gasteiger partial charge >= 0.3 is 0 Å². The van der Waals surface area contributed by atoms with Gasteiger partial charge in [-0.3, -0.25) is 9.97 Å². The van der Waals surface area contributed by atoms with E-state index in [1.807, 2.05) is 56.7 Å². The van der Waals surface area contributed by atoms with Gasteiger partial charge < -0.3 is 9.47 Å². The van der Waals surface area contributed by atoms with Crippen molar-refractivity contribution in [2.24, 2.45) is 0 Å². The molecule has 0 amide bonds. The van der Waals surface area contributed by atoms with Crippen LogP contribution in [0.4, 0.5) is 0 Å². The second-order valence-corrected chi connectivity index (χ2v) is 15.6. The average Bonchev–Trinajstić information content (AvgIpc) is 2.97. The molecule has 6 nitrogen and oxygen atoms in total. The summed E-state index contributed by atoms with van der Waals surface area (Å²) >= 11 is 0.